The number of amides is 1. The van der Waals surface area contributed by atoms with E-state index < -0.39 is 5.97 Å². The third-order valence-electron chi connectivity index (χ3n) is 2.97. The van der Waals surface area contributed by atoms with Crippen molar-refractivity contribution in [1.29, 1.82) is 0 Å². The number of para-hydroxylation sites is 2. The number of carboxylic acids is 1. The van der Waals surface area contributed by atoms with Crippen molar-refractivity contribution in [1.82, 2.24) is 0 Å². The highest BCUT2D eigenvalue weighted by Gasteiger charge is 2.22. The van der Waals surface area contributed by atoms with Gasteiger partial charge in [-0.25, -0.2) is 4.79 Å². The van der Waals surface area contributed by atoms with E-state index in [0.29, 0.717) is 16.9 Å². The Hall–Kier alpha value is -2.82. The van der Waals surface area contributed by atoms with E-state index in [1.165, 1.54) is 6.07 Å². The maximum absolute atomic E-state index is 12.1. The Bertz CT molecular complexity index is 695. The smallest absolute Gasteiger partial charge is 0.337 e. The van der Waals surface area contributed by atoms with E-state index in [9.17, 15) is 9.59 Å². The fourth-order valence-corrected chi connectivity index (χ4v) is 2.09. The van der Waals surface area contributed by atoms with Gasteiger partial charge in [-0.15, -0.1) is 0 Å². The zero-order valence-corrected chi connectivity index (χ0v) is 9.81. The molecule has 0 unspecified atom stereocenters. The molecule has 1 aliphatic heterocycles. The van der Waals surface area contributed by atoms with Crippen LogP contribution in [0.4, 0.5) is 17.1 Å². The Balaban J connectivity index is 2.20. The van der Waals surface area contributed by atoms with E-state index in [0.717, 1.165) is 0 Å². The Labute approximate surface area is 108 Å². The van der Waals surface area contributed by atoms with Crippen molar-refractivity contribution in [2.75, 3.05) is 10.6 Å². The van der Waals surface area contributed by atoms with Crippen LogP contribution in [0, 0.1) is 0 Å². The minimum atomic E-state index is -1.08. The lowest BCUT2D eigenvalue weighted by atomic mass is 10.1. The number of carbonyl (C=O) groups excluding carboxylic acids is 1. The molecule has 0 bridgehead atoms. The van der Waals surface area contributed by atoms with Gasteiger partial charge in [0.1, 0.15) is 0 Å². The van der Waals surface area contributed by atoms with Crippen molar-refractivity contribution >= 4 is 28.9 Å². The van der Waals surface area contributed by atoms with Crippen LogP contribution in [0.15, 0.2) is 42.5 Å². The molecule has 0 aromatic heterocycles. The highest BCUT2D eigenvalue weighted by Crippen LogP contribution is 2.34. The predicted octanol–water partition coefficient (Wildman–Crippen LogP) is 2.69. The van der Waals surface area contributed by atoms with Crippen LogP contribution in [0.1, 0.15) is 20.7 Å². The van der Waals surface area contributed by atoms with E-state index in [4.69, 9.17) is 5.11 Å². The van der Waals surface area contributed by atoms with Gasteiger partial charge >= 0.3 is 5.97 Å². The van der Waals surface area contributed by atoms with Gasteiger partial charge in [0, 0.05) is 0 Å². The first-order valence-electron chi connectivity index (χ1n) is 5.70. The summed E-state index contributed by atoms with van der Waals surface area (Å²) in [6.07, 6.45) is 0. The molecule has 0 aliphatic carbocycles. The van der Waals surface area contributed by atoms with Gasteiger partial charge in [0.2, 0.25) is 0 Å². The van der Waals surface area contributed by atoms with Crippen molar-refractivity contribution in [3.05, 3.63) is 53.6 Å². The van der Waals surface area contributed by atoms with Crippen LogP contribution in [0.5, 0.6) is 0 Å². The molecule has 1 aliphatic rings. The van der Waals surface area contributed by atoms with E-state index in [1.54, 1.807) is 30.3 Å². The molecule has 3 rings (SSSR count). The van der Waals surface area contributed by atoms with Gasteiger partial charge in [0.25, 0.3) is 5.91 Å². The number of hydrogen-bond acceptors (Lipinski definition) is 3. The Morgan fingerprint density at radius 2 is 1.68 bits per heavy atom. The van der Waals surface area contributed by atoms with Crippen LogP contribution < -0.4 is 10.6 Å². The highest BCUT2D eigenvalue weighted by atomic mass is 16.4. The van der Waals surface area contributed by atoms with Crippen molar-refractivity contribution in [3.63, 3.8) is 0 Å². The monoisotopic (exact) mass is 254 g/mol. The summed E-state index contributed by atoms with van der Waals surface area (Å²) >= 11 is 0. The summed E-state index contributed by atoms with van der Waals surface area (Å²) in [6, 6.07) is 11.8. The highest BCUT2D eigenvalue weighted by molar-refractivity contribution is 6.15. The second-order valence-corrected chi connectivity index (χ2v) is 4.16. The second-order valence-electron chi connectivity index (χ2n) is 4.16. The number of anilines is 3. The molecule has 0 saturated carbocycles. The van der Waals surface area contributed by atoms with Gasteiger partial charge in [0.05, 0.1) is 28.2 Å². The first-order chi connectivity index (χ1) is 9.16. The van der Waals surface area contributed by atoms with Crippen molar-refractivity contribution in [2.24, 2.45) is 0 Å². The molecule has 2 aromatic carbocycles. The molecule has 1 amide bonds. The number of hydrogen-bond donors (Lipinski definition) is 3. The van der Waals surface area contributed by atoms with Gasteiger partial charge in [0.15, 0.2) is 0 Å². The van der Waals surface area contributed by atoms with Gasteiger partial charge < -0.3 is 15.7 Å². The lowest BCUT2D eigenvalue weighted by Crippen LogP contribution is -2.13. The van der Waals surface area contributed by atoms with Gasteiger partial charge in [-0.2, -0.15) is 0 Å². The predicted molar refractivity (Wildman–Crippen MR) is 71.1 cm³/mol. The van der Waals surface area contributed by atoms with Crippen molar-refractivity contribution in [2.45, 2.75) is 0 Å². The first kappa shape index (κ1) is 11.3. The second kappa shape index (κ2) is 4.13. The normalized spacial score (nSPS) is 12.5. The zero-order valence-electron chi connectivity index (χ0n) is 9.81. The molecule has 1 heterocycles. The first-order valence-corrected chi connectivity index (χ1v) is 5.70. The molecule has 5 nitrogen and oxygen atoms in total. The van der Waals surface area contributed by atoms with E-state index >= 15 is 0 Å². The summed E-state index contributed by atoms with van der Waals surface area (Å²) in [5, 5.41) is 14.9. The summed E-state index contributed by atoms with van der Waals surface area (Å²) in [4.78, 5) is 23.3. The van der Waals surface area contributed by atoms with Gasteiger partial charge in [-0.3, -0.25) is 4.79 Å². The lowest BCUT2D eigenvalue weighted by Gasteiger charge is -2.10. The topological polar surface area (TPSA) is 78.4 Å². The summed E-state index contributed by atoms with van der Waals surface area (Å²) in [5.41, 5.74) is 2.05. The summed E-state index contributed by atoms with van der Waals surface area (Å²) in [6.45, 7) is 0. The molecule has 0 saturated heterocycles. The average molecular weight is 254 g/mol. The number of carbonyl (C=O) groups is 2. The molecule has 2 aromatic rings. The van der Waals surface area contributed by atoms with Gasteiger partial charge in [-0.05, 0) is 24.3 Å². The van der Waals surface area contributed by atoms with E-state index in [-0.39, 0.29) is 17.2 Å². The van der Waals surface area contributed by atoms with Crippen molar-refractivity contribution < 1.29 is 14.7 Å². The summed E-state index contributed by atoms with van der Waals surface area (Å²) < 4.78 is 0. The number of aromatic carboxylic acids is 1. The lowest BCUT2D eigenvalue weighted by molar-refractivity contribution is 0.0698. The number of rotatable bonds is 1. The molecule has 0 fully saturated rings. The Kier molecular flexibility index (Phi) is 2.45. The number of benzene rings is 2. The minimum Gasteiger partial charge on any atom is -0.478 e. The summed E-state index contributed by atoms with van der Waals surface area (Å²) in [7, 11) is 0. The molecule has 5 heteroatoms. The third kappa shape index (κ3) is 1.81. The molecular weight excluding hydrogens is 244 g/mol. The quantitative estimate of drug-likeness (QED) is 0.731. The van der Waals surface area contributed by atoms with Crippen LogP contribution in [0.3, 0.4) is 0 Å². The molecule has 19 heavy (non-hydrogen) atoms. The molecule has 0 spiro atoms. The molecule has 0 atom stereocenters. The molecular formula is C14H10N2O3. The van der Waals surface area contributed by atoms with Crippen molar-refractivity contribution in [3.8, 4) is 0 Å². The fraction of sp³-hybridized carbons (Fsp3) is 0. The Morgan fingerprint density at radius 3 is 2.47 bits per heavy atom. The fourth-order valence-electron chi connectivity index (χ4n) is 2.09. The van der Waals surface area contributed by atoms with E-state index in [2.05, 4.69) is 10.6 Å². The maximum atomic E-state index is 12.1. The van der Waals surface area contributed by atoms with Gasteiger partial charge in [-0.1, -0.05) is 18.2 Å². The Morgan fingerprint density at radius 1 is 0.947 bits per heavy atom. The minimum absolute atomic E-state index is 0.0613. The number of nitrogens with one attached hydrogen (secondary N) is 2. The third-order valence-corrected chi connectivity index (χ3v) is 2.97. The zero-order chi connectivity index (χ0) is 13.4. The van der Waals surface area contributed by atoms with Crippen LogP contribution in [0.25, 0.3) is 0 Å². The maximum Gasteiger partial charge on any atom is 0.337 e. The molecule has 3 N–H and O–H groups in total. The van der Waals surface area contributed by atoms with Crippen LogP contribution in [-0.4, -0.2) is 17.0 Å². The number of fused-ring (bicyclic) bond motifs is 2. The standard InChI is InChI=1S/C14H10N2O3/c17-13-8-4-1-2-6-10(8)15-11-7-3-5-9(14(18)19)12(11)16-13/h1-7,15H,(H,16,17)(H,18,19). The number of carboxylic acid groups (broad SMARTS) is 1. The van der Waals surface area contributed by atoms with Crippen LogP contribution >= 0.6 is 0 Å². The van der Waals surface area contributed by atoms with Crippen LogP contribution in [0.2, 0.25) is 0 Å². The van der Waals surface area contributed by atoms with Crippen LogP contribution in [-0.2, 0) is 0 Å². The largest absolute Gasteiger partial charge is 0.478 e. The molecule has 0 radical (unpaired) electrons. The average Bonchev–Trinajstić information content (AvgIpc) is 2.54. The van der Waals surface area contributed by atoms with E-state index in [1.807, 2.05) is 6.07 Å². The SMILES string of the molecule is O=C1Nc2c(cccc2C(=O)O)Nc2ccccc21. The summed E-state index contributed by atoms with van der Waals surface area (Å²) in [5.74, 6) is -1.40. The molecule has 94 valence electrons.